The zero-order chi connectivity index (χ0) is 18.0. The molecule has 3 rings (SSSR count). The number of thioether (sulfide) groups is 1. The van der Waals surface area contributed by atoms with Gasteiger partial charge in [0, 0.05) is 30.6 Å². The molecule has 2 aromatic heterocycles. The Kier molecular flexibility index (Phi) is 5.44. The van der Waals surface area contributed by atoms with E-state index >= 15 is 0 Å². The zero-order valence-electron chi connectivity index (χ0n) is 15.0. The fourth-order valence-electron chi connectivity index (χ4n) is 3.03. The molecule has 134 valence electrons. The van der Waals surface area contributed by atoms with Gasteiger partial charge in [-0.15, -0.1) is 11.8 Å². The predicted molar refractivity (Wildman–Crippen MR) is 95.7 cm³/mol. The van der Waals surface area contributed by atoms with Gasteiger partial charge in [-0.1, -0.05) is 5.16 Å². The third-order valence-corrected chi connectivity index (χ3v) is 5.27. The average Bonchev–Trinajstić information content (AvgIpc) is 2.90. The van der Waals surface area contributed by atoms with E-state index in [4.69, 9.17) is 9.26 Å². The maximum atomic E-state index is 13.0. The highest BCUT2D eigenvalue weighted by Crippen LogP contribution is 2.28. The number of hydrogen-bond donors (Lipinski definition) is 0. The topological polar surface area (TPSA) is 68.5 Å². The van der Waals surface area contributed by atoms with Crippen LogP contribution in [0.3, 0.4) is 0 Å². The van der Waals surface area contributed by atoms with E-state index < -0.39 is 0 Å². The number of nitrogens with zero attached hydrogens (tertiary/aromatic N) is 3. The Morgan fingerprint density at radius 3 is 2.68 bits per heavy atom. The van der Waals surface area contributed by atoms with Gasteiger partial charge in [0.1, 0.15) is 10.8 Å². The van der Waals surface area contributed by atoms with E-state index in [2.05, 4.69) is 10.1 Å². The average molecular weight is 361 g/mol. The third kappa shape index (κ3) is 4.04. The van der Waals surface area contributed by atoms with Crippen LogP contribution < -0.4 is 0 Å². The lowest BCUT2D eigenvalue weighted by molar-refractivity contribution is -0.0587. The first kappa shape index (κ1) is 17.9. The molecule has 0 aromatic carbocycles. The van der Waals surface area contributed by atoms with Gasteiger partial charge in [0.2, 0.25) is 0 Å². The van der Waals surface area contributed by atoms with E-state index in [1.807, 2.05) is 38.7 Å². The van der Waals surface area contributed by atoms with Crippen LogP contribution in [0.2, 0.25) is 0 Å². The fraction of sp³-hybridized carbons (Fsp3) is 0.500. The van der Waals surface area contributed by atoms with E-state index in [9.17, 15) is 4.79 Å². The van der Waals surface area contributed by atoms with Crippen molar-refractivity contribution in [2.24, 2.45) is 0 Å². The number of hydrogen-bond acceptors (Lipinski definition) is 6. The Morgan fingerprint density at radius 1 is 1.32 bits per heavy atom. The smallest absolute Gasteiger partial charge is 0.256 e. The van der Waals surface area contributed by atoms with Crippen molar-refractivity contribution in [2.45, 2.75) is 50.7 Å². The largest absolute Gasteiger partial charge is 0.372 e. The lowest BCUT2D eigenvalue weighted by Gasteiger charge is -2.35. The lowest BCUT2D eigenvalue weighted by atomic mass is 10.2. The summed E-state index contributed by atoms with van der Waals surface area (Å²) in [6, 6.07) is 3.65. The van der Waals surface area contributed by atoms with Crippen molar-refractivity contribution < 1.29 is 14.1 Å². The van der Waals surface area contributed by atoms with Crippen LogP contribution in [0.5, 0.6) is 0 Å². The molecular formula is C18H23N3O3S. The van der Waals surface area contributed by atoms with Gasteiger partial charge in [-0.25, -0.2) is 4.98 Å². The summed E-state index contributed by atoms with van der Waals surface area (Å²) in [6.45, 7) is 9.01. The molecule has 0 N–H and O–H groups in total. The lowest BCUT2D eigenvalue weighted by Crippen LogP contribution is -2.48. The van der Waals surface area contributed by atoms with Crippen LogP contribution in [-0.2, 0) is 10.5 Å². The predicted octanol–water partition coefficient (Wildman–Crippen LogP) is 3.23. The van der Waals surface area contributed by atoms with Gasteiger partial charge in [0.05, 0.1) is 23.5 Å². The molecule has 3 heterocycles. The zero-order valence-corrected chi connectivity index (χ0v) is 15.8. The van der Waals surface area contributed by atoms with Crippen molar-refractivity contribution in [1.29, 1.82) is 0 Å². The van der Waals surface area contributed by atoms with Crippen LogP contribution in [0.25, 0.3) is 0 Å². The second-order valence-electron chi connectivity index (χ2n) is 6.41. The van der Waals surface area contributed by atoms with Gasteiger partial charge in [-0.05, 0) is 39.8 Å². The second kappa shape index (κ2) is 7.58. The number of aryl methyl sites for hydroxylation is 2. The molecule has 1 fully saturated rings. The monoisotopic (exact) mass is 361 g/mol. The Balaban J connectivity index is 1.77. The summed E-state index contributed by atoms with van der Waals surface area (Å²) >= 11 is 1.54. The second-order valence-corrected chi connectivity index (χ2v) is 7.38. The molecule has 0 bridgehead atoms. The van der Waals surface area contributed by atoms with Crippen LogP contribution in [0.15, 0.2) is 27.9 Å². The minimum absolute atomic E-state index is 0.0105. The normalized spacial score (nSPS) is 20.7. The highest BCUT2D eigenvalue weighted by atomic mass is 32.2. The molecule has 2 atom stereocenters. The first-order valence-electron chi connectivity index (χ1n) is 8.40. The molecule has 2 unspecified atom stereocenters. The van der Waals surface area contributed by atoms with Crippen molar-refractivity contribution in [3.05, 3.63) is 40.9 Å². The minimum Gasteiger partial charge on any atom is -0.372 e. The molecule has 1 aliphatic heterocycles. The third-order valence-electron chi connectivity index (χ3n) is 4.24. The van der Waals surface area contributed by atoms with Crippen molar-refractivity contribution in [2.75, 3.05) is 13.1 Å². The standard InChI is InChI=1S/C18H23N3O3S/c1-11-8-21(9-12(2)23-11)18(22)15-6-5-7-19-17(15)25-10-16-13(3)20-24-14(16)4/h5-7,11-12H,8-10H2,1-4H3. The number of rotatable bonds is 4. The first-order chi connectivity index (χ1) is 12.0. The summed E-state index contributed by atoms with van der Waals surface area (Å²) in [5, 5.41) is 4.71. The number of pyridine rings is 1. The number of ether oxygens (including phenoxy) is 1. The van der Waals surface area contributed by atoms with E-state index in [-0.39, 0.29) is 18.1 Å². The minimum atomic E-state index is 0.0105. The molecule has 0 saturated carbocycles. The molecule has 25 heavy (non-hydrogen) atoms. The van der Waals surface area contributed by atoms with Gasteiger partial charge < -0.3 is 14.2 Å². The van der Waals surface area contributed by atoms with Crippen LogP contribution in [0.4, 0.5) is 0 Å². The molecule has 0 spiro atoms. The summed E-state index contributed by atoms with van der Waals surface area (Å²) in [4.78, 5) is 19.3. The van der Waals surface area contributed by atoms with E-state index in [1.165, 1.54) is 11.8 Å². The Morgan fingerprint density at radius 2 is 2.04 bits per heavy atom. The summed E-state index contributed by atoms with van der Waals surface area (Å²) < 4.78 is 10.9. The molecule has 7 heteroatoms. The first-order valence-corrected chi connectivity index (χ1v) is 9.38. The van der Waals surface area contributed by atoms with E-state index in [0.29, 0.717) is 24.4 Å². The number of aromatic nitrogens is 2. The number of carbonyl (C=O) groups excluding carboxylic acids is 1. The summed E-state index contributed by atoms with van der Waals surface area (Å²) in [6.07, 6.45) is 1.81. The van der Waals surface area contributed by atoms with Crippen LogP contribution in [0, 0.1) is 13.8 Å². The number of amides is 1. The fourth-order valence-corrected chi connectivity index (χ4v) is 4.17. The van der Waals surface area contributed by atoms with Crippen LogP contribution in [-0.4, -0.2) is 46.2 Å². The van der Waals surface area contributed by atoms with E-state index in [0.717, 1.165) is 22.0 Å². The van der Waals surface area contributed by atoms with Crippen molar-refractivity contribution in [1.82, 2.24) is 15.0 Å². The van der Waals surface area contributed by atoms with Crippen LogP contribution in [0.1, 0.15) is 41.2 Å². The molecule has 0 aliphatic carbocycles. The van der Waals surface area contributed by atoms with Crippen molar-refractivity contribution >= 4 is 17.7 Å². The Labute approximate surface area is 151 Å². The maximum absolute atomic E-state index is 13.0. The SMILES string of the molecule is Cc1noc(C)c1CSc1ncccc1C(=O)N1CC(C)OC(C)C1. The van der Waals surface area contributed by atoms with Gasteiger partial charge in [-0.3, -0.25) is 4.79 Å². The maximum Gasteiger partial charge on any atom is 0.256 e. The molecule has 1 amide bonds. The summed E-state index contributed by atoms with van der Waals surface area (Å²) in [7, 11) is 0. The van der Waals surface area contributed by atoms with E-state index in [1.54, 1.807) is 12.3 Å². The molecular weight excluding hydrogens is 338 g/mol. The van der Waals surface area contributed by atoms with Gasteiger partial charge in [0.25, 0.3) is 5.91 Å². The number of carbonyl (C=O) groups is 1. The van der Waals surface area contributed by atoms with Crippen molar-refractivity contribution in [3.63, 3.8) is 0 Å². The van der Waals surface area contributed by atoms with Gasteiger partial charge in [0.15, 0.2) is 0 Å². The van der Waals surface area contributed by atoms with Gasteiger partial charge in [-0.2, -0.15) is 0 Å². The summed E-state index contributed by atoms with van der Waals surface area (Å²) in [5.74, 6) is 1.50. The molecule has 2 aromatic rings. The molecule has 1 saturated heterocycles. The number of morpholine rings is 1. The highest BCUT2D eigenvalue weighted by Gasteiger charge is 2.28. The van der Waals surface area contributed by atoms with Crippen molar-refractivity contribution in [3.8, 4) is 0 Å². The summed E-state index contributed by atoms with van der Waals surface area (Å²) in [5.41, 5.74) is 2.58. The molecule has 0 radical (unpaired) electrons. The van der Waals surface area contributed by atoms with Gasteiger partial charge >= 0.3 is 0 Å². The Hall–Kier alpha value is -1.86. The molecule has 6 nitrogen and oxygen atoms in total. The Bertz CT molecular complexity index is 732. The highest BCUT2D eigenvalue weighted by molar-refractivity contribution is 7.98. The quantitative estimate of drug-likeness (QED) is 0.779. The van der Waals surface area contributed by atoms with Crippen LogP contribution >= 0.6 is 11.8 Å². The molecule has 1 aliphatic rings.